The predicted molar refractivity (Wildman–Crippen MR) is 159 cm³/mol. The molecule has 0 aromatic heterocycles. The van der Waals surface area contributed by atoms with E-state index >= 15 is 0 Å². The van der Waals surface area contributed by atoms with Crippen molar-refractivity contribution in [3.63, 3.8) is 0 Å². The lowest BCUT2D eigenvalue weighted by molar-refractivity contribution is -0.156. The number of hydrogen-bond acceptors (Lipinski definition) is 5. The number of aliphatic carboxylic acids is 2. The van der Waals surface area contributed by atoms with Gasteiger partial charge in [-0.25, -0.2) is 0 Å². The van der Waals surface area contributed by atoms with Gasteiger partial charge in [0.05, 0.1) is 6.61 Å². The minimum atomic E-state index is -1.32. The molecule has 1 amide bonds. The van der Waals surface area contributed by atoms with Gasteiger partial charge in [0.15, 0.2) is 0 Å². The molecule has 3 N–H and O–H groups in total. The Bertz CT molecular complexity index is 682. The Morgan fingerprint density at radius 2 is 1.07 bits per heavy atom. The third kappa shape index (κ3) is 20.0. The fraction of sp³-hybridized carbons (Fsp3) is 0.875. The van der Waals surface area contributed by atoms with Crippen molar-refractivity contribution in [2.45, 2.75) is 155 Å². The quantitative estimate of drug-likeness (QED) is 0.0604. The number of carboxylic acid groups (broad SMARTS) is 2. The lowest BCUT2D eigenvalue weighted by Gasteiger charge is -2.28. The molecular weight excluding hydrogens is 510 g/mol. The topological polar surface area (TPSA) is 130 Å². The molecule has 1 unspecified atom stereocenters. The van der Waals surface area contributed by atoms with Crippen molar-refractivity contribution in [1.29, 1.82) is 0 Å². The molecule has 0 aromatic carbocycles. The molecule has 40 heavy (non-hydrogen) atoms. The van der Waals surface area contributed by atoms with Gasteiger partial charge in [-0.2, -0.15) is 0 Å². The smallest absolute Gasteiger partial charge is 0.317 e. The summed E-state index contributed by atoms with van der Waals surface area (Å²) in [6, 6.07) is 0. The molecule has 0 heterocycles. The van der Waals surface area contributed by atoms with Crippen LogP contribution >= 0.6 is 0 Å². The van der Waals surface area contributed by atoms with Crippen LogP contribution in [-0.4, -0.2) is 54.1 Å². The van der Waals surface area contributed by atoms with E-state index in [1.165, 1.54) is 38.5 Å². The maximum atomic E-state index is 13.3. The fourth-order valence-corrected chi connectivity index (χ4v) is 5.20. The van der Waals surface area contributed by atoms with Gasteiger partial charge in [-0.05, 0) is 25.7 Å². The van der Waals surface area contributed by atoms with Crippen molar-refractivity contribution in [2.75, 3.05) is 20.3 Å². The zero-order valence-electron chi connectivity index (χ0n) is 25.6. The van der Waals surface area contributed by atoms with E-state index in [1.807, 2.05) is 0 Å². The Balaban J connectivity index is 4.67. The Morgan fingerprint density at radius 1 is 0.600 bits per heavy atom. The molecule has 0 radical (unpaired) electrons. The first-order valence-electron chi connectivity index (χ1n) is 16.1. The predicted octanol–water partition coefficient (Wildman–Crippen LogP) is 7.47. The van der Waals surface area contributed by atoms with Crippen LogP contribution < -0.4 is 5.32 Å². The van der Waals surface area contributed by atoms with Gasteiger partial charge in [0.2, 0.25) is 5.91 Å². The molecule has 0 saturated heterocycles. The van der Waals surface area contributed by atoms with E-state index in [4.69, 9.17) is 9.84 Å². The summed E-state index contributed by atoms with van der Waals surface area (Å²) in [6.45, 7) is 2.84. The van der Waals surface area contributed by atoms with Gasteiger partial charge in [0, 0.05) is 32.9 Å². The number of ether oxygens (including phenoxy) is 1. The van der Waals surface area contributed by atoms with Gasteiger partial charge in [-0.1, -0.05) is 110 Å². The van der Waals surface area contributed by atoms with Crippen molar-refractivity contribution >= 4 is 23.6 Å². The number of amides is 1. The summed E-state index contributed by atoms with van der Waals surface area (Å²) in [4.78, 5) is 47.8. The summed E-state index contributed by atoms with van der Waals surface area (Å²) in [5.74, 6) is -2.02. The average molecular weight is 570 g/mol. The Morgan fingerprint density at radius 3 is 1.52 bits per heavy atom. The molecule has 0 rings (SSSR count). The SMILES string of the molecule is CCCCCCCCCCCC(CCCCCCCCCCC(=O)O)(C(=O)O)C(=O)CCCOCCC(=O)NC. The van der Waals surface area contributed by atoms with E-state index in [0.717, 1.165) is 70.6 Å². The number of Topliss-reactive ketones (excluding diaryl/α,β-unsaturated/α-hetero) is 1. The number of rotatable bonds is 30. The van der Waals surface area contributed by atoms with Gasteiger partial charge in [0.25, 0.3) is 0 Å². The average Bonchev–Trinajstić information content (AvgIpc) is 2.93. The molecule has 0 aromatic rings. The van der Waals surface area contributed by atoms with E-state index in [1.54, 1.807) is 7.05 Å². The van der Waals surface area contributed by atoms with Crippen molar-refractivity contribution in [3.8, 4) is 0 Å². The summed E-state index contributed by atoms with van der Waals surface area (Å²) < 4.78 is 5.47. The zero-order valence-corrected chi connectivity index (χ0v) is 25.6. The lowest BCUT2D eigenvalue weighted by atomic mass is 9.73. The highest BCUT2D eigenvalue weighted by molar-refractivity contribution is 6.03. The first kappa shape index (κ1) is 38.0. The van der Waals surface area contributed by atoms with Gasteiger partial charge in [-0.3, -0.25) is 19.2 Å². The van der Waals surface area contributed by atoms with E-state index < -0.39 is 17.4 Å². The highest BCUT2D eigenvalue weighted by Gasteiger charge is 2.43. The van der Waals surface area contributed by atoms with Crippen LogP contribution in [0.1, 0.15) is 155 Å². The molecule has 234 valence electrons. The molecule has 0 aliphatic carbocycles. The first-order valence-corrected chi connectivity index (χ1v) is 16.1. The van der Waals surface area contributed by atoms with Gasteiger partial charge in [0.1, 0.15) is 11.2 Å². The monoisotopic (exact) mass is 569 g/mol. The van der Waals surface area contributed by atoms with Gasteiger partial charge >= 0.3 is 11.9 Å². The highest BCUT2D eigenvalue weighted by atomic mass is 16.5. The Labute approximate surface area is 243 Å². The summed E-state index contributed by atoms with van der Waals surface area (Å²) in [5, 5.41) is 21.5. The van der Waals surface area contributed by atoms with Crippen molar-refractivity contribution in [1.82, 2.24) is 5.32 Å². The second-order valence-electron chi connectivity index (χ2n) is 11.3. The van der Waals surface area contributed by atoms with Gasteiger partial charge in [-0.15, -0.1) is 0 Å². The van der Waals surface area contributed by atoms with Crippen LogP contribution in [0.3, 0.4) is 0 Å². The molecule has 0 aliphatic rings. The number of carbonyl (C=O) groups is 4. The Hall–Kier alpha value is -1.96. The molecular formula is C32H59NO7. The van der Waals surface area contributed by atoms with Crippen LogP contribution in [0.4, 0.5) is 0 Å². The first-order chi connectivity index (χ1) is 19.3. The van der Waals surface area contributed by atoms with Crippen LogP contribution in [0, 0.1) is 5.41 Å². The van der Waals surface area contributed by atoms with Crippen LogP contribution in [0.5, 0.6) is 0 Å². The Kier molecular flexibility index (Phi) is 24.7. The lowest BCUT2D eigenvalue weighted by Crippen LogP contribution is -2.39. The standard InChI is InChI=1S/C32H59NO7/c1-3-4-5-6-7-9-12-15-18-24-32(31(38)39,28(34)21-20-26-40-27-23-29(35)33-2)25-19-16-13-10-8-11-14-17-22-30(36)37/h3-27H2,1-2H3,(H,33,35)(H,36,37)(H,38,39). The van der Waals surface area contributed by atoms with E-state index in [2.05, 4.69) is 12.2 Å². The van der Waals surface area contributed by atoms with Crippen LogP contribution in [0.2, 0.25) is 0 Å². The van der Waals surface area contributed by atoms with Crippen molar-refractivity contribution in [2.24, 2.45) is 5.41 Å². The van der Waals surface area contributed by atoms with E-state index in [9.17, 15) is 24.3 Å². The second-order valence-corrected chi connectivity index (χ2v) is 11.3. The summed E-state index contributed by atoms with van der Waals surface area (Å²) in [5.41, 5.74) is -1.32. The molecule has 0 spiro atoms. The molecule has 8 nitrogen and oxygen atoms in total. The van der Waals surface area contributed by atoms with E-state index in [0.29, 0.717) is 25.9 Å². The largest absolute Gasteiger partial charge is 0.481 e. The number of carboxylic acids is 2. The second kappa shape index (κ2) is 26.0. The minimum absolute atomic E-state index is 0.0971. The third-order valence-corrected chi connectivity index (χ3v) is 7.84. The summed E-state index contributed by atoms with van der Waals surface area (Å²) in [7, 11) is 1.57. The van der Waals surface area contributed by atoms with Crippen LogP contribution in [0.25, 0.3) is 0 Å². The molecule has 1 atom stereocenters. The molecule has 0 saturated carbocycles. The summed E-state index contributed by atoms with van der Waals surface area (Å²) >= 11 is 0. The van der Waals surface area contributed by atoms with Crippen LogP contribution in [-0.2, 0) is 23.9 Å². The van der Waals surface area contributed by atoms with Crippen molar-refractivity contribution in [3.05, 3.63) is 0 Å². The molecule has 0 aliphatic heterocycles. The molecule has 8 heteroatoms. The third-order valence-electron chi connectivity index (χ3n) is 7.84. The number of unbranched alkanes of at least 4 members (excludes halogenated alkanes) is 15. The number of nitrogens with one attached hydrogen (secondary N) is 1. The number of hydrogen-bond donors (Lipinski definition) is 3. The maximum Gasteiger partial charge on any atom is 0.317 e. The minimum Gasteiger partial charge on any atom is -0.481 e. The van der Waals surface area contributed by atoms with E-state index in [-0.39, 0.29) is 37.6 Å². The normalized spacial score (nSPS) is 12.7. The molecule has 0 fully saturated rings. The highest BCUT2D eigenvalue weighted by Crippen LogP contribution is 2.35. The molecule has 0 bridgehead atoms. The summed E-state index contributed by atoms with van der Waals surface area (Å²) in [6.07, 6.45) is 19.6. The number of carbonyl (C=O) groups excluding carboxylic acids is 2. The van der Waals surface area contributed by atoms with Crippen molar-refractivity contribution < 1.29 is 34.1 Å². The van der Waals surface area contributed by atoms with Gasteiger partial charge < -0.3 is 20.3 Å². The van der Waals surface area contributed by atoms with Crippen LogP contribution in [0.15, 0.2) is 0 Å². The number of ketones is 1. The zero-order chi connectivity index (χ0) is 29.9. The fourth-order valence-electron chi connectivity index (χ4n) is 5.20. The maximum absolute atomic E-state index is 13.3.